The molecule has 0 bridgehead atoms. The highest BCUT2D eigenvalue weighted by molar-refractivity contribution is 6.05. The van der Waals surface area contributed by atoms with Gasteiger partial charge in [0.1, 0.15) is 0 Å². The van der Waals surface area contributed by atoms with Crippen LogP contribution in [-0.4, -0.2) is 65.9 Å². The van der Waals surface area contributed by atoms with Crippen LogP contribution in [0, 0.1) is 6.92 Å². The number of anilines is 2. The summed E-state index contributed by atoms with van der Waals surface area (Å²) in [6, 6.07) is 14.6. The third kappa shape index (κ3) is 6.08. The number of benzene rings is 3. The lowest BCUT2D eigenvalue weighted by molar-refractivity contribution is -0.137. The monoisotopic (exact) mass is 548 g/mol. The standard InChI is InChI=1S/C30H31F3N6O/c1-19-4-5-21(15-25(19)20-7-9-26-23(14-20)17-35-29(34-2)37-26)28(40)36-27-16-24(30(31,32)33)8-6-22(27)18-39-12-10-38(3)11-13-39/h4-9,14-17H,10-13,18H2,1-3H3,(H,36,40)(H,34,35,37). The van der Waals surface area contributed by atoms with Crippen LogP contribution in [0.25, 0.3) is 22.0 Å². The van der Waals surface area contributed by atoms with Crippen LogP contribution in [0.4, 0.5) is 24.8 Å². The molecule has 2 heterocycles. The van der Waals surface area contributed by atoms with E-state index in [1.807, 2.05) is 38.2 Å². The quantitative estimate of drug-likeness (QED) is 0.324. The molecule has 1 fully saturated rings. The Morgan fingerprint density at radius 3 is 2.50 bits per heavy atom. The minimum absolute atomic E-state index is 0.170. The Morgan fingerprint density at radius 2 is 1.77 bits per heavy atom. The first-order valence-corrected chi connectivity index (χ1v) is 13.1. The predicted octanol–water partition coefficient (Wildman–Crippen LogP) is 5.67. The van der Waals surface area contributed by atoms with Crippen molar-refractivity contribution < 1.29 is 18.0 Å². The average Bonchev–Trinajstić information content (AvgIpc) is 2.94. The number of nitrogens with one attached hydrogen (secondary N) is 2. The Balaban J connectivity index is 1.44. The molecule has 1 aliphatic heterocycles. The molecular weight excluding hydrogens is 517 g/mol. The van der Waals surface area contributed by atoms with E-state index in [0.29, 0.717) is 23.6 Å². The molecule has 3 aromatic carbocycles. The molecule has 0 atom stereocenters. The van der Waals surface area contributed by atoms with E-state index in [1.54, 1.807) is 25.4 Å². The smallest absolute Gasteiger partial charge is 0.357 e. The summed E-state index contributed by atoms with van der Waals surface area (Å²) < 4.78 is 40.7. The van der Waals surface area contributed by atoms with Gasteiger partial charge in [0.15, 0.2) is 0 Å². The molecule has 40 heavy (non-hydrogen) atoms. The minimum Gasteiger partial charge on any atom is -0.357 e. The first kappa shape index (κ1) is 27.5. The van der Waals surface area contributed by atoms with E-state index < -0.39 is 17.6 Å². The van der Waals surface area contributed by atoms with Gasteiger partial charge in [0.2, 0.25) is 5.95 Å². The number of fused-ring (bicyclic) bond motifs is 1. The molecule has 7 nitrogen and oxygen atoms in total. The Kier molecular flexibility index (Phi) is 7.73. The molecule has 10 heteroatoms. The first-order chi connectivity index (χ1) is 19.1. The molecule has 208 valence electrons. The summed E-state index contributed by atoms with van der Waals surface area (Å²) in [5.41, 5.74) is 3.84. The fourth-order valence-electron chi connectivity index (χ4n) is 4.84. The van der Waals surface area contributed by atoms with Crippen molar-refractivity contribution in [1.82, 2.24) is 19.8 Å². The van der Waals surface area contributed by atoms with Gasteiger partial charge in [-0.15, -0.1) is 0 Å². The molecule has 1 amide bonds. The van der Waals surface area contributed by atoms with Crippen LogP contribution in [0.3, 0.4) is 0 Å². The Labute approximate surface area is 231 Å². The van der Waals surface area contributed by atoms with Gasteiger partial charge in [-0.25, -0.2) is 9.97 Å². The molecule has 0 radical (unpaired) electrons. The van der Waals surface area contributed by atoms with Crippen LogP contribution in [0.2, 0.25) is 0 Å². The number of hydrogen-bond donors (Lipinski definition) is 2. The van der Waals surface area contributed by atoms with Crippen LogP contribution in [0.1, 0.15) is 27.0 Å². The second kappa shape index (κ2) is 11.2. The molecule has 2 N–H and O–H groups in total. The van der Waals surface area contributed by atoms with Crippen LogP contribution in [0.5, 0.6) is 0 Å². The van der Waals surface area contributed by atoms with Crippen LogP contribution >= 0.6 is 0 Å². The molecule has 0 unspecified atom stereocenters. The maximum absolute atomic E-state index is 13.6. The zero-order chi connectivity index (χ0) is 28.4. The lowest BCUT2D eigenvalue weighted by Crippen LogP contribution is -2.44. The fraction of sp³-hybridized carbons (Fsp3) is 0.300. The highest BCUT2D eigenvalue weighted by atomic mass is 19.4. The normalized spacial score (nSPS) is 14.8. The number of halogens is 3. The number of alkyl halides is 3. The summed E-state index contributed by atoms with van der Waals surface area (Å²) in [7, 11) is 3.80. The number of hydrogen-bond acceptors (Lipinski definition) is 6. The highest BCUT2D eigenvalue weighted by Gasteiger charge is 2.31. The first-order valence-electron chi connectivity index (χ1n) is 13.1. The topological polar surface area (TPSA) is 73.4 Å². The van der Waals surface area contributed by atoms with Gasteiger partial charge in [-0.3, -0.25) is 9.69 Å². The molecule has 5 rings (SSSR count). The van der Waals surface area contributed by atoms with E-state index in [2.05, 4.69) is 30.4 Å². The zero-order valence-corrected chi connectivity index (χ0v) is 22.6. The van der Waals surface area contributed by atoms with Crippen molar-refractivity contribution in [2.24, 2.45) is 0 Å². The van der Waals surface area contributed by atoms with Crippen molar-refractivity contribution in [1.29, 1.82) is 0 Å². The van der Waals surface area contributed by atoms with E-state index in [1.165, 1.54) is 6.07 Å². The number of rotatable bonds is 6. The lowest BCUT2D eigenvalue weighted by atomic mass is 9.96. The summed E-state index contributed by atoms with van der Waals surface area (Å²) in [5.74, 6) is 0.0553. The Hall–Kier alpha value is -4.02. The van der Waals surface area contributed by atoms with E-state index in [4.69, 9.17) is 0 Å². The summed E-state index contributed by atoms with van der Waals surface area (Å²) in [6.45, 7) is 5.77. The van der Waals surface area contributed by atoms with Gasteiger partial charge in [0.05, 0.1) is 11.1 Å². The maximum atomic E-state index is 13.6. The third-order valence-corrected chi connectivity index (χ3v) is 7.29. The molecule has 4 aromatic rings. The van der Waals surface area contributed by atoms with Gasteiger partial charge < -0.3 is 15.5 Å². The van der Waals surface area contributed by atoms with Crippen molar-refractivity contribution in [3.63, 3.8) is 0 Å². The van der Waals surface area contributed by atoms with Crippen LogP contribution in [0.15, 0.2) is 60.8 Å². The number of nitrogens with zero attached hydrogens (tertiary/aromatic N) is 4. The predicted molar refractivity (Wildman–Crippen MR) is 151 cm³/mol. The van der Waals surface area contributed by atoms with Crippen LogP contribution in [-0.2, 0) is 12.7 Å². The highest BCUT2D eigenvalue weighted by Crippen LogP contribution is 2.33. The number of carbonyl (C=O) groups is 1. The molecule has 0 saturated carbocycles. The SMILES string of the molecule is CNc1ncc2cc(-c3cc(C(=O)Nc4cc(C(F)(F)F)ccc4CN4CCN(C)CC4)ccc3C)ccc2n1. The molecule has 1 aromatic heterocycles. The van der Waals surface area contributed by atoms with Gasteiger partial charge in [-0.05, 0) is 72.6 Å². The number of piperazine rings is 1. The lowest BCUT2D eigenvalue weighted by Gasteiger charge is -2.32. The van der Waals surface area contributed by atoms with Gasteiger partial charge in [-0.1, -0.05) is 18.2 Å². The molecule has 0 aliphatic carbocycles. The van der Waals surface area contributed by atoms with E-state index in [0.717, 1.165) is 65.9 Å². The number of likely N-dealkylation sites (N-methyl/N-ethyl adjacent to an activating group) is 1. The van der Waals surface area contributed by atoms with Crippen molar-refractivity contribution in [3.05, 3.63) is 83.0 Å². The second-order valence-electron chi connectivity index (χ2n) is 10.2. The van der Waals surface area contributed by atoms with Crippen LogP contribution < -0.4 is 10.6 Å². The largest absolute Gasteiger partial charge is 0.416 e. The number of aryl methyl sites for hydroxylation is 1. The van der Waals surface area contributed by atoms with Crippen molar-refractivity contribution in [2.75, 3.05) is 50.9 Å². The van der Waals surface area contributed by atoms with Gasteiger partial charge >= 0.3 is 6.18 Å². The van der Waals surface area contributed by atoms with E-state index >= 15 is 0 Å². The molecule has 1 saturated heterocycles. The average molecular weight is 549 g/mol. The number of amides is 1. The second-order valence-corrected chi connectivity index (χ2v) is 10.2. The zero-order valence-electron chi connectivity index (χ0n) is 22.6. The van der Waals surface area contributed by atoms with Gasteiger partial charge in [0, 0.05) is 62.6 Å². The molecule has 1 aliphatic rings. The van der Waals surface area contributed by atoms with E-state index in [9.17, 15) is 18.0 Å². The summed E-state index contributed by atoms with van der Waals surface area (Å²) in [6.07, 6.45) is -2.78. The van der Waals surface area contributed by atoms with Crippen molar-refractivity contribution in [3.8, 4) is 11.1 Å². The molecule has 0 spiro atoms. The van der Waals surface area contributed by atoms with Crippen molar-refractivity contribution in [2.45, 2.75) is 19.6 Å². The van der Waals surface area contributed by atoms with Crippen molar-refractivity contribution >= 4 is 28.4 Å². The Bertz CT molecular complexity index is 1550. The summed E-state index contributed by atoms with van der Waals surface area (Å²) >= 11 is 0. The minimum atomic E-state index is -4.52. The molecular formula is C30H31F3N6O. The van der Waals surface area contributed by atoms with Gasteiger partial charge in [-0.2, -0.15) is 13.2 Å². The van der Waals surface area contributed by atoms with Gasteiger partial charge in [0.25, 0.3) is 5.91 Å². The number of aromatic nitrogens is 2. The fourth-order valence-corrected chi connectivity index (χ4v) is 4.84. The third-order valence-electron chi connectivity index (χ3n) is 7.29. The number of carbonyl (C=O) groups excluding carboxylic acids is 1. The Morgan fingerprint density at radius 1 is 1.00 bits per heavy atom. The summed E-state index contributed by atoms with van der Waals surface area (Å²) in [5, 5.41) is 6.55. The maximum Gasteiger partial charge on any atom is 0.416 e. The summed E-state index contributed by atoms with van der Waals surface area (Å²) in [4.78, 5) is 26.5. The van der Waals surface area contributed by atoms with E-state index in [-0.39, 0.29) is 5.69 Å².